The van der Waals surface area contributed by atoms with Gasteiger partial charge in [0, 0.05) is 6.92 Å². The highest BCUT2D eigenvalue weighted by Gasteiger charge is 1.85. The van der Waals surface area contributed by atoms with Crippen LogP contribution in [0.25, 0.3) is 6.08 Å². The Bertz CT molecular complexity index is 313. The number of ether oxygens (including phenoxy) is 1. The molecular weight excluding hydrogens is 188 g/mol. The average Bonchev–Trinajstić information content (AvgIpc) is 2.20. The summed E-state index contributed by atoms with van der Waals surface area (Å²) >= 11 is 0. The van der Waals surface area contributed by atoms with E-state index in [1.807, 2.05) is 37.3 Å². The number of benzene rings is 1. The lowest BCUT2D eigenvalue weighted by atomic mass is 10.2. The summed E-state index contributed by atoms with van der Waals surface area (Å²) in [6, 6.07) is 9.64. The molecule has 0 aromatic heterocycles. The van der Waals surface area contributed by atoms with Gasteiger partial charge < -0.3 is 4.74 Å². The molecule has 0 heterocycles. The molecule has 0 aliphatic carbocycles. The van der Waals surface area contributed by atoms with Gasteiger partial charge in [0.05, 0.1) is 6.26 Å². The van der Waals surface area contributed by atoms with E-state index in [0.29, 0.717) is 0 Å². The molecule has 0 amide bonds. The number of carbonyl (C=O) groups is 1. The summed E-state index contributed by atoms with van der Waals surface area (Å²) in [5.74, 6) is -0.304. The maximum atomic E-state index is 10.4. The van der Waals surface area contributed by atoms with Crippen molar-refractivity contribution < 1.29 is 9.53 Å². The molecule has 0 spiro atoms. The highest BCUT2D eigenvalue weighted by molar-refractivity contribution is 5.67. The van der Waals surface area contributed by atoms with E-state index in [1.165, 1.54) is 13.2 Å². The van der Waals surface area contributed by atoms with Crippen molar-refractivity contribution in [3.8, 4) is 0 Å². The van der Waals surface area contributed by atoms with Gasteiger partial charge in [-0.05, 0) is 18.6 Å². The van der Waals surface area contributed by atoms with E-state index in [1.54, 1.807) is 12.2 Å². The first kappa shape index (κ1) is 13.2. The highest BCUT2D eigenvalue weighted by Crippen LogP contribution is 2.00. The second-order valence-electron chi connectivity index (χ2n) is 2.73. The van der Waals surface area contributed by atoms with Crippen molar-refractivity contribution in [2.24, 2.45) is 0 Å². The summed E-state index contributed by atoms with van der Waals surface area (Å²) in [6.07, 6.45) is 4.87. The van der Waals surface area contributed by atoms with Crippen LogP contribution in [0.5, 0.6) is 0 Å². The summed E-state index contributed by atoms with van der Waals surface area (Å²) in [5, 5.41) is 0. The molecule has 0 fully saturated rings. The van der Waals surface area contributed by atoms with E-state index < -0.39 is 0 Å². The molecule has 2 nitrogen and oxygen atoms in total. The molecule has 0 N–H and O–H groups in total. The average molecular weight is 204 g/mol. The van der Waals surface area contributed by atoms with Gasteiger partial charge in [0.1, 0.15) is 0 Å². The second kappa shape index (κ2) is 8.75. The molecule has 1 aromatic carbocycles. The molecule has 0 aliphatic rings. The van der Waals surface area contributed by atoms with Crippen molar-refractivity contribution in [1.82, 2.24) is 0 Å². The Hall–Kier alpha value is -1.83. The fourth-order valence-corrected chi connectivity index (χ4v) is 0.773. The Morgan fingerprint density at radius 1 is 1.33 bits per heavy atom. The van der Waals surface area contributed by atoms with Gasteiger partial charge in [-0.15, -0.1) is 6.58 Å². The Morgan fingerprint density at radius 3 is 2.33 bits per heavy atom. The van der Waals surface area contributed by atoms with Crippen LogP contribution in [0, 0.1) is 0 Å². The fraction of sp³-hybridized carbons (Fsp3) is 0.154. The van der Waals surface area contributed by atoms with Crippen LogP contribution < -0.4 is 0 Å². The molecule has 0 radical (unpaired) electrons. The van der Waals surface area contributed by atoms with Crippen molar-refractivity contribution in [2.45, 2.75) is 13.8 Å². The summed E-state index contributed by atoms with van der Waals surface area (Å²) in [6.45, 7) is 6.62. The lowest BCUT2D eigenvalue weighted by molar-refractivity contribution is -0.135. The quantitative estimate of drug-likeness (QED) is 0.419. The van der Waals surface area contributed by atoms with Crippen LogP contribution in [0.4, 0.5) is 0 Å². The third-order valence-corrected chi connectivity index (χ3v) is 1.29. The zero-order chi connectivity index (χ0) is 11.5. The van der Waals surface area contributed by atoms with Gasteiger partial charge in [0.25, 0.3) is 0 Å². The summed E-state index contributed by atoms with van der Waals surface area (Å²) in [4.78, 5) is 10.4. The monoisotopic (exact) mass is 204 g/mol. The van der Waals surface area contributed by atoms with Crippen molar-refractivity contribution in [1.29, 1.82) is 0 Å². The molecule has 2 heteroatoms. The topological polar surface area (TPSA) is 26.3 Å². The SMILES string of the molecule is C=CC.CC(=O)OC=Cc1ccccc1. The molecule has 0 aliphatic heterocycles. The molecule has 1 aromatic rings. The van der Waals surface area contributed by atoms with Gasteiger partial charge in [-0.1, -0.05) is 36.4 Å². The number of allylic oxidation sites excluding steroid dienone is 1. The lowest BCUT2D eigenvalue weighted by Crippen LogP contribution is -1.88. The molecule has 0 atom stereocenters. The van der Waals surface area contributed by atoms with Crippen LogP contribution in [0.3, 0.4) is 0 Å². The number of hydrogen-bond acceptors (Lipinski definition) is 2. The van der Waals surface area contributed by atoms with E-state index in [9.17, 15) is 4.79 Å². The number of esters is 1. The molecular formula is C13H16O2. The van der Waals surface area contributed by atoms with Crippen molar-refractivity contribution in [3.05, 3.63) is 54.8 Å². The van der Waals surface area contributed by atoms with Crippen LogP contribution in [-0.2, 0) is 9.53 Å². The maximum Gasteiger partial charge on any atom is 0.307 e. The van der Waals surface area contributed by atoms with Crippen LogP contribution in [0.1, 0.15) is 19.4 Å². The molecule has 80 valence electrons. The normalized spacial score (nSPS) is 8.93. The number of hydrogen-bond donors (Lipinski definition) is 0. The van der Waals surface area contributed by atoms with Crippen molar-refractivity contribution in [3.63, 3.8) is 0 Å². The van der Waals surface area contributed by atoms with Gasteiger partial charge in [-0.25, -0.2) is 0 Å². The standard InChI is InChI=1S/C10H10O2.C3H6/c1-9(11)12-8-7-10-5-3-2-4-6-10;1-3-2/h2-8H,1H3;3H,1H2,2H3. The third kappa shape index (κ3) is 8.50. The Kier molecular flexibility index (Phi) is 7.69. The first-order valence-electron chi connectivity index (χ1n) is 4.66. The molecule has 0 bridgehead atoms. The molecule has 15 heavy (non-hydrogen) atoms. The van der Waals surface area contributed by atoms with Gasteiger partial charge in [0.2, 0.25) is 0 Å². The van der Waals surface area contributed by atoms with Gasteiger partial charge in [0.15, 0.2) is 0 Å². The van der Waals surface area contributed by atoms with Gasteiger partial charge in [-0.3, -0.25) is 4.79 Å². The second-order valence-corrected chi connectivity index (χ2v) is 2.73. The zero-order valence-electron chi connectivity index (χ0n) is 9.14. The van der Waals surface area contributed by atoms with Crippen molar-refractivity contribution in [2.75, 3.05) is 0 Å². The van der Waals surface area contributed by atoms with Crippen molar-refractivity contribution >= 4 is 12.0 Å². The minimum absolute atomic E-state index is 0.304. The van der Waals surface area contributed by atoms with E-state index in [-0.39, 0.29) is 5.97 Å². The minimum Gasteiger partial charge on any atom is -0.435 e. The predicted molar refractivity (Wildman–Crippen MR) is 63.1 cm³/mol. The minimum atomic E-state index is -0.304. The predicted octanol–water partition coefficient (Wildman–Crippen LogP) is 3.41. The molecule has 0 saturated heterocycles. The molecule has 0 saturated carbocycles. The van der Waals surface area contributed by atoms with Crippen LogP contribution in [-0.4, -0.2) is 5.97 Å². The Labute approximate surface area is 90.9 Å². The molecule has 0 unspecified atom stereocenters. The largest absolute Gasteiger partial charge is 0.435 e. The fourth-order valence-electron chi connectivity index (χ4n) is 0.773. The summed E-state index contributed by atoms with van der Waals surface area (Å²) in [5.41, 5.74) is 1.01. The van der Waals surface area contributed by atoms with E-state index in [2.05, 4.69) is 11.3 Å². The number of rotatable bonds is 2. The molecule has 1 rings (SSSR count). The van der Waals surface area contributed by atoms with Crippen LogP contribution in [0.15, 0.2) is 49.2 Å². The van der Waals surface area contributed by atoms with E-state index >= 15 is 0 Å². The smallest absolute Gasteiger partial charge is 0.307 e. The summed E-state index contributed by atoms with van der Waals surface area (Å²) < 4.78 is 4.63. The first-order valence-corrected chi connectivity index (χ1v) is 4.66. The lowest BCUT2D eigenvalue weighted by Gasteiger charge is -1.91. The van der Waals surface area contributed by atoms with E-state index in [4.69, 9.17) is 0 Å². The first-order chi connectivity index (χ1) is 7.20. The highest BCUT2D eigenvalue weighted by atomic mass is 16.5. The van der Waals surface area contributed by atoms with Crippen LogP contribution in [0.2, 0.25) is 0 Å². The van der Waals surface area contributed by atoms with E-state index in [0.717, 1.165) is 5.56 Å². The van der Waals surface area contributed by atoms with Gasteiger partial charge >= 0.3 is 5.97 Å². The Morgan fingerprint density at radius 2 is 1.87 bits per heavy atom. The zero-order valence-corrected chi connectivity index (χ0v) is 9.14. The van der Waals surface area contributed by atoms with Gasteiger partial charge in [-0.2, -0.15) is 0 Å². The number of carbonyl (C=O) groups excluding carboxylic acids is 1. The Balaban J connectivity index is 0.000000583. The third-order valence-electron chi connectivity index (χ3n) is 1.29. The maximum absolute atomic E-state index is 10.4. The van der Waals surface area contributed by atoms with Crippen LogP contribution >= 0.6 is 0 Å². The summed E-state index contributed by atoms with van der Waals surface area (Å²) in [7, 11) is 0.